The van der Waals surface area contributed by atoms with Gasteiger partial charge in [0.05, 0.1) is 11.5 Å². The fourth-order valence-electron chi connectivity index (χ4n) is 1.74. The van der Waals surface area contributed by atoms with E-state index in [1.165, 1.54) is 6.07 Å². The Morgan fingerprint density at radius 2 is 2.05 bits per heavy atom. The second-order valence-electron chi connectivity index (χ2n) is 5.45. The summed E-state index contributed by atoms with van der Waals surface area (Å²) in [5, 5.41) is 20.0. The van der Waals surface area contributed by atoms with Gasteiger partial charge in [0.15, 0.2) is 0 Å². The number of nitro groups is 1. The molecular weight excluding hydrogens is 328 g/mol. The minimum Gasteiger partial charge on any atom is -0.480 e. The molecule has 1 aromatic carbocycles. The van der Waals surface area contributed by atoms with E-state index in [1.807, 2.05) is 20.8 Å². The molecule has 0 aliphatic carbocycles. The van der Waals surface area contributed by atoms with Crippen molar-refractivity contribution >= 4 is 27.6 Å². The van der Waals surface area contributed by atoms with Gasteiger partial charge >= 0.3 is 5.97 Å². The Labute approximate surface area is 125 Å². The van der Waals surface area contributed by atoms with Crippen molar-refractivity contribution in [1.82, 2.24) is 4.90 Å². The van der Waals surface area contributed by atoms with E-state index in [0.29, 0.717) is 10.0 Å². The third-order valence-electron chi connectivity index (χ3n) is 2.88. The third-order valence-corrected chi connectivity index (χ3v) is 3.37. The number of halogens is 1. The minimum atomic E-state index is -0.959. The number of hydrogen-bond donors (Lipinski definition) is 1. The topological polar surface area (TPSA) is 83.7 Å². The van der Waals surface area contributed by atoms with Crippen LogP contribution in [0.15, 0.2) is 22.7 Å². The van der Waals surface area contributed by atoms with E-state index in [9.17, 15) is 14.9 Å². The van der Waals surface area contributed by atoms with Crippen LogP contribution in [-0.4, -0.2) is 33.0 Å². The molecule has 0 saturated heterocycles. The van der Waals surface area contributed by atoms with Crippen molar-refractivity contribution in [3.05, 3.63) is 38.3 Å². The number of aliphatic carboxylic acids is 1. The van der Waals surface area contributed by atoms with Crippen molar-refractivity contribution in [2.45, 2.75) is 32.9 Å². The second kappa shape index (κ2) is 6.32. The molecule has 0 heterocycles. The number of rotatable bonds is 5. The van der Waals surface area contributed by atoms with E-state index in [2.05, 4.69) is 15.9 Å². The van der Waals surface area contributed by atoms with Crippen LogP contribution in [0, 0.1) is 10.1 Å². The molecule has 110 valence electrons. The molecule has 7 heteroatoms. The van der Waals surface area contributed by atoms with Gasteiger partial charge in [-0.3, -0.25) is 19.8 Å². The van der Waals surface area contributed by atoms with Crippen molar-refractivity contribution in [3.63, 3.8) is 0 Å². The van der Waals surface area contributed by atoms with E-state index < -0.39 is 16.4 Å². The average molecular weight is 345 g/mol. The number of benzene rings is 1. The quantitative estimate of drug-likeness (QED) is 0.655. The highest BCUT2D eigenvalue weighted by Crippen LogP contribution is 2.27. The molecule has 0 unspecified atom stereocenters. The summed E-state index contributed by atoms with van der Waals surface area (Å²) in [5.41, 5.74) is 0.0765. The Morgan fingerprint density at radius 3 is 2.50 bits per heavy atom. The van der Waals surface area contributed by atoms with Crippen LogP contribution in [0.3, 0.4) is 0 Å². The fraction of sp³-hybridized carbons (Fsp3) is 0.462. The molecule has 0 saturated carbocycles. The van der Waals surface area contributed by atoms with Gasteiger partial charge in [0.25, 0.3) is 5.69 Å². The maximum atomic E-state index is 11.1. The van der Waals surface area contributed by atoms with Gasteiger partial charge in [-0.2, -0.15) is 0 Å². The number of hydrogen-bond acceptors (Lipinski definition) is 4. The van der Waals surface area contributed by atoms with Crippen LogP contribution in [0.25, 0.3) is 0 Å². The van der Waals surface area contributed by atoms with Gasteiger partial charge in [-0.25, -0.2) is 0 Å². The minimum absolute atomic E-state index is 0.0148. The van der Waals surface area contributed by atoms with Gasteiger partial charge < -0.3 is 5.11 Å². The highest BCUT2D eigenvalue weighted by Gasteiger charge is 2.26. The smallest absolute Gasteiger partial charge is 0.317 e. The maximum Gasteiger partial charge on any atom is 0.317 e. The molecule has 1 N–H and O–H groups in total. The van der Waals surface area contributed by atoms with Crippen molar-refractivity contribution in [2.24, 2.45) is 0 Å². The molecule has 0 bridgehead atoms. The molecule has 1 rings (SSSR count). The van der Waals surface area contributed by atoms with Gasteiger partial charge in [0.1, 0.15) is 0 Å². The standard InChI is InChI=1S/C13H17BrN2O4/c1-13(2,3)15(8-12(17)18)7-9-4-5-10(14)6-11(9)16(19)20/h4-6H,7-8H2,1-3H3,(H,17,18). The van der Waals surface area contributed by atoms with Crippen molar-refractivity contribution in [2.75, 3.05) is 6.54 Å². The molecule has 20 heavy (non-hydrogen) atoms. The molecular formula is C13H17BrN2O4. The van der Waals surface area contributed by atoms with Gasteiger partial charge in [-0.1, -0.05) is 15.9 Å². The first-order chi connectivity index (χ1) is 9.11. The van der Waals surface area contributed by atoms with Crippen LogP contribution in [0.4, 0.5) is 5.69 Å². The molecule has 0 aliphatic heterocycles. The summed E-state index contributed by atoms with van der Waals surface area (Å²) in [5.74, 6) is -0.959. The zero-order chi connectivity index (χ0) is 15.5. The Kier molecular flexibility index (Phi) is 5.24. The van der Waals surface area contributed by atoms with Gasteiger partial charge in [-0.05, 0) is 32.9 Å². The Balaban J connectivity index is 3.11. The summed E-state index contributed by atoms with van der Waals surface area (Å²) in [7, 11) is 0. The lowest BCUT2D eigenvalue weighted by molar-refractivity contribution is -0.385. The van der Waals surface area contributed by atoms with Crippen LogP contribution < -0.4 is 0 Å². The molecule has 0 amide bonds. The Bertz CT molecular complexity index is 526. The normalized spacial score (nSPS) is 11.7. The summed E-state index contributed by atoms with van der Waals surface area (Å²) in [4.78, 5) is 23.2. The number of carboxylic acids is 1. The number of carbonyl (C=O) groups is 1. The number of nitro benzene ring substituents is 1. The first-order valence-electron chi connectivity index (χ1n) is 6.01. The molecule has 0 fully saturated rings. The van der Waals surface area contributed by atoms with Crippen LogP contribution in [0.5, 0.6) is 0 Å². The van der Waals surface area contributed by atoms with Gasteiger partial charge in [-0.15, -0.1) is 0 Å². The van der Waals surface area contributed by atoms with Crippen molar-refractivity contribution in [1.29, 1.82) is 0 Å². The first kappa shape index (κ1) is 16.6. The summed E-state index contributed by atoms with van der Waals surface area (Å²) in [6, 6.07) is 4.78. The zero-order valence-electron chi connectivity index (χ0n) is 11.6. The van der Waals surface area contributed by atoms with Crippen LogP contribution in [0.1, 0.15) is 26.3 Å². The molecule has 0 spiro atoms. The van der Waals surface area contributed by atoms with E-state index in [0.717, 1.165) is 0 Å². The van der Waals surface area contributed by atoms with E-state index in [-0.39, 0.29) is 18.8 Å². The van der Waals surface area contributed by atoms with E-state index in [1.54, 1.807) is 17.0 Å². The predicted octanol–water partition coefficient (Wildman–Crippen LogP) is 3.04. The lowest BCUT2D eigenvalue weighted by Crippen LogP contribution is -2.43. The molecule has 6 nitrogen and oxygen atoms in total. The van der Waals surface area contributed by atoms with Crippen LogP contribution >= 0.6 is 15.9 Å². The molecule has 0 aliphatic rings. The highest BCUT2D eigenvalue weighted by atomic mass is 79.9. The number of carboxylic acid groups (broad SMARTS) is 1. The summed E-state index contributed by atoms with van der Waals surface area (Å²) >= 11 is 3.20. The van der Waals surface area contributed by atoms with Crippen molar-refractivity contribution in [3.8, 4) is 0 Å². The van der Waals surface area contributed by atoms with Crippen molar-refractivity contribution < 1.29 is 14.8 Å². The maximum absolute atomic E-state index is 11.1. The molecule has 0 atom stereocenters. The highest BCUT2D eigenvalue weighted by molar-refractivity contribution is 9.10. The number of nitrogens with zero attached hydrogens (tertiary/aromatic N) is 2. The Morgan fingerprint density at radius 1 is 1.45 bits per heavy atom. The summed E-state index contributed by atoms with van der Waals surface area (Å²) < 4.78 is 0.619. The first-order valence-corrected chi connectivity index (χ1v) is 6.80. The third kappa shape index (κ3) is 4.57. The lowest BCUT2D eigenvalue weighted by atomic mass is 10.0. The SMILES string of the molecule is CC(C)(C)N(CC(=O)O)Cc1ccc(Br)cc1[N+](=O)[O-]. The summed E-state index contributed by atoms with van der Waals surface area (Å²) in [6.45, 7) is 5.66. The van der Waals surface area contributed by atoms with Crippen LogP contribution in [-0.2, 0) is 11.3 Å². The monoisotopic (exact) mass is 344 g/mol. The zero-order valence-corrected chi connectivity index (χ0v) is 13.2. The summed E-state index contributed by atoms with van der Waals surface area (Å²) in [6.07, 6.45) is 0. The van der Waals surface area contributed by atoms with Gasteiger partial charge in [0, 0.05) is 28.2 Å². The molecule has 1 aromatic rings. The lowest BCUT2D eigenvalue weighted by Gasteiger charge is -2.34. The van der Waals surface area contributed by atoms with E-state index >= 15 is 0 Å². The predicted molar refractivity (Wildman–Crippen MR) is 78.6 cm³/mol. The molecule has 0 aromatic heterocycles. The van der Waals surface area contributed by atoms with Gasteiger partial charge in [0.2, 0.25) is 0 Å². The fourth-order valence-corrected chi connectivity index (χ4v) is 2.09. The Hall–Kier alpha value is -1.47. The van der Waals surface area contributed by atoms with Crippen LogP contribution in [0.2, 0.25) is 0 Å². The second-order valence-corrected chi connectivity index (χ2v) is 6.37. The molecule has 0 radical (unpaired) electrons. The largest absolute Gasteiger partial charge is 0.480 e. The van der Waals surface area contributed by atoms with E-state index in [4.69, 9.17) is 5.11 Å². The average Bonchev–Trinajstić information content (AvgIpc) is 2.28.